The van der Waals surface area contributed by atoms with Gasteiger partial charge in [-0.2, -0.15) is 5.10 Å². The van der Waals surface area contributed by atoms with E-state index in [1.807, 2.05) is 19.2 Å². The highest BCUT2D eigenvalue weighted by molar-refractivity contribution is 5.54. The molecule has 0 radical (unpaired) electrons. The first-order valence-corrected chi connectivity index (χ1v) is 6.49. The maximum absolute atomic E-state index is 4.40. The van der Waals surface area contributed by atoms with Gasteiger partial charge in [-0.15, -0.1) is 0 Å². The van der Waals surface area contributed by atoms with E-state index < -0.39 is 0 Å². The van der Waals surface area contributed by atoms with Crippen LogP contribution in [0, 0.1) is 12.8 Å². The Bertz CT molecular complexity index is 526. The van der Waals surface area contributed by atoms with Gasteiger partial charge in [0, 0.05) is 11.9 Å². The summed E-state index contributed by atoms with van der Waals surface area (Å²) in [6.45, 7) is 4.30. The summed E-state index contributed by atoms with van der Waals surface area (Å²) < 4.78 is 0. The maximum atomic E-state index is 4.40. The Balaban J connectivity index is 1.80. The molecule has 0 spiro atoms. The van der Waals surface area contributed by atoms with Crippen LogP contribution in [0.1, 0.15) is 17.7 Å². The van der Waals surface area contributed by atoms with E-state index in [-0.39, 0.29) is 0 Å². The Hall–Kier alpha value is -1.68. The van der Waals surface area contributed by atoms with Crippen molar-refractivity contribution in [3.63, 3.8) is 0 Å². The third-order valence-electron chi connectivity index (χ3n) is 3.48. The zero-order chi connectivity index (χ0) is 12.4. The summed E-state index contributed by atoms with van der Waals surface area (Å²) in [6, 6.07) is 6.30. The van der Waals surface area contributed by atoms with E-state index in [1.54, 1.807) is 0 Å². The second-order valence-corrected chi connectivity index (χ2v) is 5.05. The van der Waals surface area contributed by atoms with E-state index in [1.165, 1.54) is 12.0 Å². The van der Waals surface area contributed by atoms with Crippen LogP contribution in [-0.4, -0.2) is 28.3 Å². The zero-order valence-electron chi connectivity index (χ0n) is 10.6. The standard InChI is InChI=1S/C14H18N4/c1-10-6-14(18-17-10)13-8-11(3-5-16-13)7-12-2-4-15-9-12/h3,5-6,8,12,15H,2,4,7,9H2,1H3,(H,17,18)/t12-/m1/s1. The molecular weight excluding hydrogens is 224 g/mol. The van der Waals surface area contributed by atoms with Crippen molar-refractivity contribution in [2.24, 2.45) is 5.92 Å². The fourth-order valence-electron chi connectivity index (χ4n) is 2.51. The lowest BCUT2D eigenvalue weighted by Gasteiger charge is -2.08. The molecule has 0 bridgehead atoms. The van der Waals surface area contributed by atoms with Crippen LogP contribution in [0.3, 0.4) is 0 Å². The number of hydrogen-bond donors (Lipinski definition) is 2. The van der Waals surface area contributed by atoms with E-state index in [9.17, 15) is 0 Å². The minimum absolute atomic E-state index is 0.765. The molecule has 2 N–H and O–H groups in total. The van der Waals surface area contributed by atoms with Crippen LogP contribution in [0.2, 0.25) is 0 Å². The van der Waals surface area contributed by atoms with E-state index >= 15 is 0 Å². The topological polar surface area (TPSA) is 53.6 Å². The smallest absolute Gasteiger partial charge is 0.111 e. The van der Waals surface area contributed by atoms with Crippen molar-refractivity contribution in [3.8, 4) is 11.4 Å². The van der Waals surface area contributed by atoms with Crippen molar-refractivity contribution in [2.45, 2.75) is 19.8 Å². The highest BCUT2D eigenvalue weighted by Gasteiger charge is 2.15. The lowest BCUT2D eigenvalue weighted by atomic mass is 9.99. The average Bonchev–Trinajstić information content (AvgIpc) is 3.01. The molecule has 0 aromatic carbocycles. The lowest BCUT2D eigenvalue weighted by Crippen LogP contribution is -2.10. The summed E-state index contributed by atoms with van der Waals surface area (Å²) in [7, 11) is 0. The van der Waals surface area contributed by atoms with Gasteiger partial charge >= 0.3 is 0 Å². The molecule has 0 amide bonds. The number of nitrogens with one attached hydrogen (secondary N) is 2. The monoisotopic (exact) mass is 242 g/mol. The van der Waals surface area contributed by atoms with Gasteiger partial charge in [-0.1, -0.05) is 0 Å². The molecule has 1 aliphatic heterocycles. The molecule has 94 valence electrons. The molecule has 0 aliphatic carbocycles. The van der Waals surface area contributed by atoms with Crippen LogP contribution in [0.4, 0.5) is 0 Å². The van der Waals surface area contributed by atoms with Gasteiger partial charge in [-0.25, -0.2) is 0 Å². The molecule has 1 atom stereocenters. The van der Waals surface area contributed by atoms with Gasteiger partial charge in [-0.05, 0) is 62.5 Å². The van der Waals surface area contributed by atoms with Crippen molar-refractivity contribution in [2.75, 3.05) is 13.1 Å². The fourth-order valence-corrected chi connectivity index (χ4v) is 2.51. The van der Waals surface area contributed by atoms with Gasteiger partial charge in [-0.3, -0.25) is 10.1 Å². The van der Waals surface area contributed by atoms with E-state index in [0.717, 1.165) is 42.5 Å². The molecule has 0 unspecified atom stereocenters. The van der Waals surface area contributed by atoms with Gasteiger partial charge in [0.05, 0.1) is 5.69 Å². The first kappa shape index (κ1) is 11.4. The largest absolute Gasteiger partial charge is 0.316 e. The van der Waals surface area contributed by atoms with Gasteiger partial charge in [0.15, 0.2) is 0 Å². The summed E-state index contributed by atoms with van der Waals surface area (Å²) in [5, 5.41) is 10.6. The van der Waals surface area contributed by atoms with Crippen LogP contribution in [0.15, 0.2) is 24.4 Å². The summed E-state index contributed by atoms with van der Waals surface area (Å²) >= 11 is 0. The highest BCUT2D eigenvalue weighted by Crippen LogP contribution is 2.20. The molecular formula is C14H18N4. The van der Waals surface area contributed by atoms with Crippen LogP contribution in [0.5, 0.6) is 0 Å². The summed E-state index contributed by atoms with van der Waals surface area (Å²) in [4.78, 5) is 4.40. The van der Waals surface area contributed by atoms with Crippen LogP contribution < -0.4 is 5.32 Å². The van der Waals surface area contributed by atoms with Gasteiger partial charge in [0.2, 0.25) is 0 Å². The molecule has 3 rings (SSSR count). The number of hydrogen-bond acceptors (Lipinski definition) is 3. The number of aryl methyl sites for hydroxylation is 1. The Labute approximate surface area is 107 Å². The Morgan fingerprint density at radius 2 is 2.28 bits per heavy atom. The summed E-state index contributed by atoms with van der Waals surface area (Å²) in [5.74, 6) is 0.765. The molecule has 3 heterocycles. The third-order valence-corrected chi connectivity index (χ3v) is 3.48. The maximum Gasteiger partial charge on any atom is 0.111 e. The van der Waals surface area contributed by atoms with Crippen molar-refractivity contribution < 1.29 is 0 Å². The summed E-state index contributed by atoms with van der Waals surface area (Å²) in [5.41, 5.74) is 4.31. The first-order chi connectivity index (χ1) is 8.81. The lowest BCUT2D eigenvalue weighted by molar-refractivity contribution is 0.580. The second kappa shape index (κ2) is 4.90. The molecule has 4 heteroatoms. The minimum Gasteiger partial charge on any atom is -0.316 e. The molecule has 1 aliphatic rings. The minimum atomic E-state index is 0.765. The van der Waals surface area contributed by atoms with E-state index in [0.29, 0.717) is 0 Å². The third kappa shape index (κ3) is 2.43. The number of aromatic amines is 1. The molecule has 4 nitrogen and oxygen atoms in total. The van der Waals surface area contributed by atoms with Gasteiger partial charge in [0.25, 0.3) is 0 Å². The van der Waals surface area contributed by atoms with Crippen LogP contribution in [0.25, 0.3) is 11.4 Å². The van der Waals surface area contributed by atoms with Gasteiger partial charge < -0.3 is 5.32 Å². The number of pyridine rings is 1. The Kier molecular flexibility index (Phi) is 3.11. The molecule has 2 aromatic rings. The predicted molar refractivity (Wildman–Crippen MR) is 71.2 cm³/mol. The normalized spacial score (nSPS) is 19.3. The molecule has 0 saturated carbocycles. The fraction of sp³-hybridized carbons (Fsp3) is 0.429. The summed E-state index contributed by atoms with van der Waals surface area (Å²) in [6.07, 6.45) is 4.29. The highest BCUT2D eigenvalue weighted by atomic mass is 15.1. The number of rotatable bonds is 3. The second-order valence-electron chi connectivity index (χ2n) is 5.05. The van der Waals surface area contributed by atoms with Crippen molar-refractivity contribution in [3.05, 3.63) is 35.7 Å². The zero-order valence-corrected chi connectivity index (χ0v) is 10.6. The SMILES string of the molecule is Cc1cc(-c2cc(C[C@H]3CCNC3)ccn2)n[nH]1. The number of aromatic nitrogens is 3. The van der Waals surface area contributed by atoms with Crippen molar-refractivity contribution in [1.29, 1.82) is 0 Å². The van der Waals surface area contributed by atoms with Gasteiger partial charge in [0.1, 0.15) is 5.69 Å². The van der Waals surface area contributed by atoms with Crippen molar-refractivity contribution >= 4 is 0 Å². The predicted octanol–water partition coefficient (Wildman–Crippen LogP) is 1.93. The first-order valence-electron chi connectivity index (χ1n) is 6.49. The Morgan fingerprint density at radius 1 is 1.33 bits per heavy atom. The van der Waals surface area contributed by atoms with Crippen LogP contribution >= 0.6 is 0 Å². The molecule has 1 saturated heterocycles. The van der Waals surface area contributed by atoms with E-state index in [2.05, 4.69) is 32.6 Å². The average molecular weight is 242 g/mol. The number of nitrogens with zero attached hydrogens (tertiary/aromatic N) is 2. The Morgan fingerprint density at radius 3 is 3.00 bits per heavy atom. The van der Waals surface area contributed by atoms with Crippen LogP contribution in [-0.2, 0) is 6.42 Å². The molecule has 18 heavy (non-hydrogen) atoms. The molecule has 2 aromatic heterocycles. The van der Waals surface area contributed by atoms with E-state index in [4.69, 9.17) is 0 Å². The quantitative estimate of drug-likeness (QED) is 0.864. The number of H-pyrrole nitrogens is 1. The molecule has 1 fully saturated rings. The van der Waals surface area contributed by atoms with Crippen molar-refractivity contribution in [1.82, 2.24) is 20.5 Å².